The van der Waals surface area contributed by atoms with Crippen molar-refractivity contribution in [3.05, 3.63) is 34.9 Å². The van der Waals surface area contributed by atoms with Crippen LogP contribution in [0.1, 0.15) is 33.3 Å². The summed E-state index contributed by atoms with van der Waals surface area (Å²) >= 11 is 5.86. The highest BCUT2D eigenvalue weighted by molar-refractivity contribution is 6.74. The average Bonchev–Trinajstić information content (AvgIpc) is 2.20. The quantitative estimate of drug-likeness (QED) is 0.802. The molecule has 0 amide bonds. The van der Waals surface area contributed by atoms with Gasteiger partial charge in [0.1, 0.15) is 0 Å². The van der Waals surface area contributed by atoms with Crippen molar-refractivity contribution in [2.45, 2.75) is 44.8 Å². The van der Waals surface area contributed by atoms with Gasteiger partial charge in [-0.3, -0.25) is 0 Å². The molecule has 0 spiro atoms. The van der Waals surface area contributed by atoms with Crippen LogP contribution in [0.15, 0.2) is 24.3 Å². The zero-order valence-corrected chi connectivity index (χ0v) is 12.3. The van der Waals surface area contributed by atoms with Gasteiger partial charge in [0.15, 0.2) is 8.32 Å². The van der Waals surface area contributed by atoms with E-state index in [-0.39, 0.29) is 0 Å². The van der Waals surface area contributed by atoms with Gasteiger partial charge in [-0.15, -0.1) is 0 Å². The molecule has 16 heavy (non-hydrogen) atoms. The molecule has 0 saturated heterocycles. The van der Waals surface area contributed by atoms with E-state index in [0.717, 1.165) is 11.1 Å². The summed E-state index contributed by atoms with van der Waals surface area (Å²) in [4.78, 5) is 10.8. The summed E-state index contributed by atoms with van der Waals surface area (Å²) in [5.41, 5.74) is 1.95. The van der Waals surface area contributed by atoms with Crippen molar-refractivity contribution < 1.29 is 4.80 Å². The maximum atomic E-state index is 10.8. The number of hydrogen-bond donors (Lipinski definition) is 1. The SMILES string of the molecule is CC(C)[Si](O)(Cc1ccc(Cl)cc1)C(C)C. The van der Waals surface area contributed by atoms with Crippen LogP contribution in [-0.2, 0) is 6.04 Å². The molecular weight excluding hydrogens is 236 g/mol. The van der Waals surface area contributed by atoms with E-state index < -0.39 is 8.32 Å². The Morgan fingerprint density at radius 3 is 1.88 bits per heavy atom. The molecule has 3 heteroatoms. The maximum absolute atomic E-state index is 10.8. The molecule has 90 valence electrons. The van der Waals surface area contributed by atoms with Gasteiger partial charge < -0.3 is 4.80 Å². The lowest BCUT2D eigenvalue weighted by Crippen LogP contribution is -2.44. The standard InChI is InChI=1S/C13H21ClOSi/c1-10(2)16(15,11(3)4)9-12-5-7-13(14)8-6-12/h5-8,10-11,15H,9H2,1-4H3. The van der Waals surface area contributed by atoms with E-state index in [9.17, 15) is 4.80 Å². The van der Waals surface area contributed by atoms with Crippen LogP contribution in [0.3, 0.4) is 0 Å². The summed E-state index contributed by atoms with van der Waals surface area (Å²) in [6.45, 7) is 8.51. The third-order valence-electron chi connectivity index (χ3n) is 3.40. The van der Waals surface area contributed by atoms with Gasteiger partial charge in [-0.25, -0.2) is 0 Å². The van der Waals surface area contributed by atoms with Crippen LogP contribution in [0.2, 0.25) is 16.1 Å². The van der Waals surface area contributed by atoms with Gasteiger partial charge in [0.25, 0.3) is 0 Å². The summed E-state index contributed by atoms with van der Waals surface area (Å²) in [5, 5.41) is 0.753. The van der Waals surface area contributed by atoms with Crippen molar-refractivity contribution in [2.24, 2.45) is 0 Å². The monoisotopic (exact) mass is 256 g/mol. The average molecular weight is 257 g/mol. The number of rotatable bonds is 4. The summed E-state index contributed by atoms with van der Waals surface area (Å²) in [5.74, 6) is 0. The molecule has 0 unspecified atom stereocenters. The molecule has 1 nitrogen and oxygen atoms in total. The maximum Gasteiger partial charge on any atom is 0.197 e. The van der Waals surface area contributed by atoms with Crippen molar-refractivity contribution in [2.75, 3.05) is 0 Å². The second-order valence-corrected chi connectivity index (χ2v) is 10.2. The predicted molar refractivity (Wildman–Crippen MR) is 73.3 cm³/mol. The van der Waals surface area contributed by atoms with Crippen LogP contribution in [0.5, 0.6) is 0 Å². The van der Waals surface area contributed by atoms with Crippen molar-refractivity contribution in [3.8, 4) is 0 Å². The molecule has 0 radical (unpaired) electrons. The van der Waals surface area contributed by atoms with Crippen molar-refractivity contribution in [3.63, 3.8) is 0 Å². The van der Waals surface area contributed by atoms with Crippen molar-refractivity contribution >= 4 is 19.9 Å². The van der Waals surface area contributed by atoms with Gasteiger partial charge in [0.05, 0.1) is 0 Å². The largest absolute Gasteiger partial charge is 0.431 e. The first-order valence-corrected chi connectivity index (χ1v) is 8.51. The van der Waals surface area contributed by atoms with Crippen LogP contribution in [-0.4, -0.2) is 13.1 Å². The Labute approximate surface area is 105 Å². The molecule has 1 rings (SSSR count). The van der Waals surface area contributed by atoms with Gasteiger partial charge in [-0.1, -0.05) is 51.4 Å². The Bertz CT molecular complexity index is 324. The topological polar surface area (TPSA) is 20.2 Å². The molecule has 0 fully saturated rings. The fourth-order valence-electron chi connectivity index (χ4n) is 2.00. The minimum atomic E-state index is -2.21. The third-order valence-corrected chi connectivity index (χ3v) is 8.63. The van der Waals surface area contributed by atoms with Crippen LogP contribution in [0.4, 0.5) is 0 Å². The lowest BCUT2D eigenvalue weighted by molar-refractivity contribution is 0.490. The normalized spacial score (nSPS) is 12.5. The Balaban J connectivity index is 2.88. The van der Waals surface area contributed by atoms with Gasteiger partial charge in [-0.2, -0.15) is 0 Å². The first kappa shape index (κ1) is 13.8. The van der Waals surface area contributed by atoms with E-state index in [0.29, 0.717) is 11.1 Å². The van der Waals surface area contributed by atoms with Crippen molar-refractivity contribution in [1.29, 1.82) is 0 Å². The number of hydrogen-bond acceptors (Lipinski definition) is 1. The molecule has 1 N–H and O–H groups in total. The summed E-state index contributed by atoms with van der Waals surface area (Å²) in [6.07, 6.45) is 0. The molecule has 0 aliphatic carbocycles. The van der Waals surface area contributed by atoms with E-state index in [1.54, 1.807) is 0 Å². The lowest BCUT2D eigenvalue weighted by atomic mass is 10.2. The Morgan fingerprint density at radius 1 is 1.06 bits per heavy atom. The van der Waals surface area contributed by atoms with Crippen LogP contribution in [0, 0.1) is 0 Å². The van der Waals surface area contributed by atoms with Gasteiger partial charge in [0.2, 0.25) is 0 Å². The second kappa shape index (κ2) is 5.35. The minimum Gasteiger partial charge on any atom is -0.431 e. The Morgan fingerprint density at radius 2 is 1.50 bits per heavy atom. The molecule has 0 heterocycles. The fourth-order valence-corrected chi connectivity index (χ4v) is 5.17. The third kappa shape index (κ3) is 3.09. The van der Waals surface area contributed by atoms with E-state index in [4.69, 9.17) is 11.6 Å². The van der Waals surface area contributed by atoms with E-state index in [1.807, 2.05) is 24.3 Å². The zero-order valence-electron chi connectivity index (χ0n) is 10.5. The Hall–Kier alpha value is -0.313. The lowest BCUT2D eigenvalue weighted by Gasteiger charge is -2.33. The smallest absolute Gasteiger partial charge is 0.197 e. The molecule has 0 bridgehead atoms. The summed E-state index contributed by atoms with van der Waals surface area (Å²) in [6, 6.07) is 8.65. The number of halogens is 1. The van der Waals surface area contributed by atoms with Crippen LogP contribution >= 0.6 is 11.6 Å². The molecule has 0 aromatic heterocycles. The Kier molecular flexibility index (Phi) is 4.59. The minimum absolute atomic E-state index is 0.378. The molecule has 0 atom stereocenters. The molecule has 0 aliphatic heterocycles. The summed E-state index contributed by atoms with van der Waals surface area (Å²) < 4.78 is 0. The van der Waals surface area contributed by atoms with Gasteiger partial charge >= 0.3 is 0 Å². The van der Waals surface area contributed by atoms with E-state index >= 15 is 0 Å². The fraction of sp³-hybridized carbons (Fsp3) is 0.538. The first-order valence-electron chi connectivity index (χ1n) is 5.83. The highest BCUT2D eigenvalue weighted by atomic mass is 35.5. The summed E-state index contributed by atoms with van der Waals surface area (Å²) in [7, 11) is -2.21. The van der Waals surface area contributed by atoms with Crippen molar-refractivity contribution in [1.82, 2.24) is 0 Å². The van der Waals surface area contributed by atoms with Gasteiger partial charge in [-0.05, 0) is 34.8 Å². The van der Waals surface area contributed by atoms with Gasteiger partial charge in [0, 0.05) is 5.02 Å². The predicted octanol–water partition coefficient (Wildman–Crippen LogP) is 4.18. The molecule has 0 aliphatic rings. The molecule has 0 saturated carbocycles. The number of benzene rings is 1. The molecular formula is C13H21ClOSi. The van der Waals surface area contributed by atoms with Crippen LogP contribution < -0.4 is 0 Å². The highest BCUT2D eigenvalue weighted by Gasteiger charge is 2.38. The highest BCUT2D eigenvalue weighted by Crippen LogP contribution is 2.32. The second-order valence-electron chi connectivity index (χ2n) is 5.10. The van der Waals surface area contributed by atoms with E-state index in [1.165, 1.54) is 5.56 Å². The molecule has 1 aromatic carbocycles. The van der Waals surface area contributed by atoms with Crippen LogP contribution in [0.25, 0.3) is 0 Å². The zero-order chi connectivity index (χ0) is 12.3. The molecule has 1 aromatic rings. The first-order chi connectivity index (χ1) is 7.36. The van der Waals surface area contributed by atoms with E-state index in [2.05, 4.69) is 27.7 Å².